The van der Waals surface area contributed by atoms with Gasteiger partial charge in [-0.1, -0.05) is 25.1 Å². The maximum absolute atomic E-state index is 5.73. The van der Waals surface area contributed by atoms with Gasteiger partial charge < -0.3 is 14.6 Å². The van der Waals surface area contributed by atoms with Crippen molar-refractivity contribution >= 4 is 0 Å². The number of nitrogens with zero attached hydrogens (tertiary/aromatic N) is 2. The molecule has 0 fully saturated rings. The summed E-state index contributed by atoms with van der Waals surface area (Å²) in [5.74, 6) is 1.55. The summed E-state index contributed by atoms with van der Waals surface area (Å²) in [6.45, 7) is 5.85. The summed E-state index contributed by atoms with van der Waals surface area (Å²) in [6, 6.07) is 8.37. The Labute approximate surface area is 126 Å². The Morgan fingerprint density at radius 2 is 2.29 bits per heavy atom. The van der Waals surface area contributed by atoms with Gasteiger partial charge in [-0.15, -0.1) is 0 Å². The second kappa shape index (κ2) is 6.76. The van der Waals surface area contributed by atoms with Crippen LogP contribution in [-0.4, -0.2) is 22.7 Å². The van der Waals surface area contributed by atoms with E-state index in [0.717, 1.165) is 50.5 Å². The summed E-state index contributed by atoms with van der Waals surface area (Å²) < 4.78 is 7.93. The molecule has 21 heavy (non-hydrogen) atoms. The van der Waals surface area contributed by atoms with E-state index in [1.807, 2.05) is 12.4 Å². The van der Waals surface area contributed by atoms with E-state index >= 15 is 0 Å². The van der Waals surface area contributed by atoms with Gasteiger partial charge in [0.1, 0.15) is 5.75 Å². The van der Waals surface area contributed by atoms with Crippen LogP contribution in [0, 0.1) is 0 Å². The molecule has 0 spiro atoms. The molecule has 2 aromatic rings. The molecule has 4 heteroatoms. The van der Waals surface area contributed by atoms with Crippen LogP contribution in [0.15, 0.2) is 36.8 Å². The van der Waals surface area contributed by atoms with Gasteiger partial charge in [-0.3, -0.25) is 0 Å². The number of hydrogen-bond acceptors (Lipinski definition) is 3. The third-order valence-electron chi connectivity index (χ3n) is 3.93. The van der Waals surface area contributed by atoms with Crippen molar-refractivity contribution in [3.05, 3.63) is 48.0 Å². The maximum Gasteiger partial charge on any atom is 0.122 e. The van der Waals surface area contributed by atoms with E-state index in [2.05, 4.69) is 46.2 Å². The molecule has 0 aliphatic carbocycles. The van der Waals surface area contributed by atoms with Crippen molar-refractivity contribution in [2.45, 2.75) is 38.8 Å². The zero-order valence-electron chi connectivity index (χ0n) is 12.6. The Hall–Kier alpha value is -1.81. The van der Waals surface area contributed by atoms with Gasteiger partial charge in [0.25, 0.3) is 0 Å². The lowest BCUT2D eigenvalue weighted by Gasteiger charge is -2.26. The van der Waals surface area contributed by atoms with Gasteiger partial charge in [-0.25, -0.2) is 4.98 Å². The van der Waals surface area contributed by atoms with E-state index in [1.165, 1.54) is 5.56 Å². The SMILES string of the molecule is CCCNCc1cn(CC2CCOc3ccccc32)cn1. The van der Waals surface area contributed by atoms with Crippen molar-refractivity contribution < 1.29 is 4.74 Å². The highest BCUT2D eigenvalue weighted by Crippen LogP contribution is 2.34. The second-order valence-corrected chi connectivity index (χ2v) is 5.61. The van der Waals surface area contributed by atoms with E-state index in [9.17, 15) is 0 Å². The standard InChI is InChI=1S/C17H23N3O/c1-2-8-18-10-15-12-20(13-19-15)11-14-7-9-21-17-6-4-3-5-16(14)17/h3-6,12-14,18H,2,7-11H2,1H3. The molecule has 1 aliphatic rings. The lowest BCUT2D eigenvalue weighted by molar-refractivity contribution is 0.259. The first kappa shape index (κ1) is 14.1. The van der Waals surface area contributed by atoms with Gasteiger partial charge in [0.15, 0.2) is 0 Å². The lowest BCUT2D eigenvalue weighted by Crippen LogP contribution is -2.18. The smallest absolute Gasteiger partial charge is 0.122 e. The molecular weight excluding hydrogens is 262 g/mol. The molecule has 3 rings (SSSR count). The van der Waals surface area contributed by atoms with Crippen LogP contribution < -0.4 is 10.1 Å². The Morgan fingerprint density at radius 3 is 3.19 bits per heavy atom. The minimum Gasteiger partial charge on any atom is -0.493 e. The van der Waals surface area contributed by atoms with Crippen molar-refractivity contribution in [2.75, 3.05) is 13.2 Å². The number of fused-ring (bicyclic) bond motifs is 1. The molecule has 0 bridgehead atoms. The van der Waals surface area contributed by atoms with E-state index in [0.29, 0.717) is 5.92 Å². The lowest BCUT2D eigenvalue weighted by atomic mass is 9.93. The quantitative estimate of drug-likeness (QED) is 0.829. The fourth-order valence-electron chi connectivity index (χ4n) is 2.85. The molecular formula is C17H23N3O. The molecule has 1 N–H and O–H groups in total. The normalized spacial score (nSPS) is 17.3. The number of aromatic nitrogens is 2. The fraction of sp³-hybridized carbons (Fsp3) is 0.471. The van der Waals surface area contributed by atoms with Crippen LogP contribution in [0.2, 0.25) is 0 Å². The largest absolute Gasteiger partial charge is 0.493 e. The first-order chi connectivity index (χ1) is 10.4. The van der Waals surface area contributed by atoms with Gasteiger partial charge >= 0.3 is 0 Å². The van der Waals surface area contributed by atoms with Gasteiger partial charge in [-0.05, 0) is 31.0 Å². The Bertz CT molecular complexity index is 579. The van der Waals surface area contributed by atoms with Gasteiger partial charge in [0.05, 0.1) is 18.6 Å². The number of rotatable bonds is 6. The van der Waals surface area contributed by atoms with E-state index < -0.39 is 0 Å². The number of ether oxygens (including phenoxy) is 1. The molecule has 1 unspecified atom stereocenters. The molecule has 1 aromatic heterocycles. The van der Waals surface area contributed by atoms with Crippen molar-refractivity contribution in [3.63, 3.8) is 0 Å². The summed E-state index contributed by atoms with van der Waals surface area (Å²) in [7, 11) is 0. The fourth-order valence-corrected chi connectivity index (χ4v) is 2.85. The van der Waals surface area contributed by atoms with Crippen LogP contribution in [0.25, 0.3) is 0 Å². The molecule has 0 radical (unpaired) electrons. The van der Waals surface area contributed by atoms with Gasteiger partial charge in [0, 0.05) is 25.2 Å². The number of nitrogens with one attached hydrogen (secondary N) is 1. The number of imidazole rings is 1. The van der Waals surface area contributed by atoms with E-state index in [-0.39, 0.29) is 0 Å². The molecule has 0 saturated carbocycles. The minimum absolute atomic E-state index is 0.514. The highest BCUT2D eigenvalue weighted by molar-refractivity contribution is 5.37. The maximum atomic E-state index is 5.73. The van der Waals surface area contributed by atoms with Crippen LogP contribution in [0.5, 0.6) is 5.75 Å². The first-order valence-corrected chi connectivity index (χ1v) is 7.80. The summed E-state index contributed by atoms with van der Waals surface area (Å²) in [5, 5.41) is 3.39. The van der Waals surface area contributed by atoms with Crippen LogP contribution >= 0.6 is 0 Å². The Balaban J connectivity index is 1.65. The van der Waals surface area contributed by atoms with Crippen LogP contribution in [0.3, 0.4) is 0 Å². The zero-order chi connectivity index (χ0) is 14.5. The van der Waals surface area contributed by atoms with Crippen LogP contribution in [0.1, 0.15) is 36.9 Å². The molecule has 1 atom stereocenters. The first-order valence-electron chi connectivity index (χ1n) is 7.80. The number of para-hydroxylation sites is 1. The third kappa shape index (κ3) is 3.45. The average molecular weight is 285 g/mol. The zero-order valence-corrected chi connectivity index (χ0v) is 12.6. The molecule has 1 aromatic carbocycles. The highest BCUT2D eigenvalue weighted by Gasteiger charge is 2.21. The van der Waals surface area contributed by atoms with Gasteiger partial charge in [-0.2, -0.15) is 0 Å². The van der Waals surface area contributed by atoms with Crippen molar-refractivity contribution in [3.8, 4) is 5.75 Å². The highest BCUT2D eigenvalue weighted by atomic mass is 16.5. The van der Waals surface area contributed by atoms with Gasteiger partial charge in [0.2, 0.25) is 0 Å². The van der Waals surface area contributed by atoms with Crippen LogP contribution in [-0.2, 0) is 13.1 Å². The van der Waals surface area contributed by atoms with Crippen molar-refractivity contribution in [1.82, 2.24) is 14.9 Å². The summed E-state index contributed by atoms with van der Waals surface area (Å²) in [6.07, 6.45) is 6.32. The molecule has 2 heterocycles. The monoisotopic (exact) mass is 285 g/mol. The average Bonchev–Trinajstić information content (AvgIpc) is 2.96. The Morgan fingerprint density at radius 1 is 1.38 bits per heavy atom. The predicted molar refractivity (Wildman–Crippen MR) is 83.5 cm³/mol. The summed E-state index contributed by atoms with van der Waals surface area (Å²) in [5.41, 5.74) is 2.44. The third-order valence-corrected chi connectivity index (χ3v) is 3.93. The number of benzene rings is 1. The summed E-state index contributed by atoms with van der Waals surface area (Å²) >= 11 is 0. The molecule has 0 saturated heterocycles. The topological polar surface area (TPSA) is 39.1 Å². The number of hydrogen-bond donors (Lipinski definition) is 1. The molecule has 112 valence electrons. The van der Waals surface area contributed by atoms with Crippen LogP contribution in [0.4, 0.5) is 0 Å². The summed E-state index contributed by atoms with van der Waals surface area (Å²) in [4.78, 5) is 4.48. The van der Waals surface area contributed by atoms with Crippen molar-refractivity contribution in [1.29, 1.82) is 0 Å². The molecule has 0 amide bonds. The van der Waals surface area contributed by atoms with E-state index in [4.69, 9.17) is 4.74 Å². The minimum atomic E-state index is 0.514. The molecule has 1 aliphatic heterocycles. The van der Waals surface area contributed by atoms with Crippen molar-refractivity contribution in [2.24, 2.45) is 0 Å². The Kier molecular flexibility index (Phi) is 4.55. The molecule has 4 nitrogen and oxygen atoms in total. The predicted octanol–water partition coefficient (Wildman–Crippen LogP) is 2.95. The second-order valence-electron chi connectivity index (χ2n) is 5.61. The van der Waals surface area contributed by atoms with E-state index in [1.54, 1.807) is 0 Å².